The van der Waals surface area contributed by atoms with Crippen molar-refractivity contribution < 1.29 is 23.8 Å². The van der Waals surface area contributed by atoms with Gasteiger partial charge in [0.15, 0.2) is 11.6 Å². The first-order valence-electron chi connectivity index (χ1n) is 8.78. The number of hydrogen-bond donors (Lipinski definition) is 3. The molecule has 1 aromatic heterocycles. The van der Waals surface area contributed by atoms with E-state index < -0.39 is 36.0 Å². The van der Waals surface area contributed by atoms with Crippen molar-refractivity contribution >= 4 is 16.9 Å². The zero-order valence-corrected chi connectivity index (χ0v) is 15.3. The third-order valence-electron chi connectivity index (χ3n) is 4.93. The number of nitrogens with one attached hydrogen (secondary N) is 1. The molecule has 3 rings (SSSR count). The van der Waals surface area contributed by atoms with Crippen molar-refractivity contribution in [2.75, 3.05) is 13.6 Å². The summed E-state index contributed by atoms with van der Waals surface area (Å²) in [7, 11) is 1.56. The van der Waals surface area contributed by atoms with Gasteiger partial charge in [0.05, 0.1) is 17.7 Å². The maximum atomic E-state index is 13.7. The van der Waals surface area contributed by atoms with Gasteiger partial charge >= 0.3 is 0 Å². The van der Waals surface area contributed by atoms with Crippen LogP contribution in [-0.4, -0.2) is 68.0 Å². The fraction of sp³-hybridized carbons (Fsp3) is 0.588. The molecule has 1 amide bonds. The lowest BCUT2D eigenvalue weighted by Gasteiger charge is -2.32. The number of hydrogen-bond acceptors (Lipinski definition) is 6. The number of benzene rings is 1. The Morgan fingerprint density at radius 1 is 1.33 bits per heavy atom. The maximum absolute atomic E-state index is 13.7. The topological polar surface area (TPSA) is 104 Å². The molecule has 2 heterocycles. The molecule has 27 heavy (non-hydrogen) atoms. The van der Waals surface area contributed by atoms with Crippen molar-refractivity contribution in [2.24, 2.45) is 5.92 Å². The molecule has 4 atom stereocenters. The lowest BCUT2D eigenvalue weighted by atomic mass is 10.0. The average molecular weight is 383 g/mol. The lowest BCUT2D eigenvalue weighted by molar-refractivity contribution is -0.140. The Labute approximate surface area is 154 Å². The first-order chi connectivity index (χ1) is 12.7. The van der Waals surface area contributed by atoms with Gasteiger partial charge in [-0.25, -0.2) is 13.5 Å². The summed E-state index contributed by atoms with van der Waals surface area (Å²) in [6.07, 6.45) is -1.53. The minimum absolute atomic E-state index is 0.0705. The molecule has 1 saturated heterocycles. The highest BCUT2D eigenvalue weighted by atomic mass is 19.2. The molecule has 0 aliphatic carbocycles. The SMILES string of the molecule is CNC(O)C1CC(O)CN1C(=O)C(C(C)C)n1nnc2cc(F)c(F)cc21. The zero-order valence-electron chi connectivity index (χ0n) is 15.3. The number of halogens is 2. The Kier molecular flexibility index (Phi) is 5.41. The molecular weight excluding hydrogens is 360 g/mol. The van der Waals surface area contributed by atoms with E-state index in [1.165, 1.54) is 9.58 Å². The second-order valence-corrected chi connectivity index (χ2v) is 7.16. The molecule has 1 aromatic carbocycles. The van der Waals surface area contributed by atoms with Crippen molar-refractivity contribution in [2.45, 2.75) is 44.7 Å². The number of nitrogens with zero attached hydrogens (tertiary/aromatic N) is 4. The number of rotatable bonds is 5. The molecule has 0 bridgehead atoms. The second kappa shape index (κ2) is 7.45. The Morgan fingerprint density at radius 2 is 2.00 bits per heavy atom. The summed E-state index contributed by atoms with van der Waals surface area (Å²) in [5.74, 6) is -2.72. The van der Waals surface area contributed by atoms with Gasteiger partial charge in [0.1, 0.15) is 17.8 Å². The summed E-state index contributed by atoms with van der Waals surface area (Å²) in [6, 6.07) is 0.439. The summed E-state index contributed by atoms with van der Waals surface area (Å²) in [6.45, 7) is 3.67. The quantitative estimate of drug-likeness (QED) is 0.646. The number of aliphatic hydroxyl groups is 2. The van der Waals surface area contributed by atoms with E-state index in [1.807, 2.05) is 0 Å². The second-order valence-electron chi connectivity index (χ2n) is 7.16. The molecule has 3 N–H and O–H groups in total. The normalized spacial score (nSPS) is 22.6. The Bertz CT molecular complexity index is 843. The van der Waals surface area contributed by atoms with Crippen LogP contribution in [-0.2, 0) is 4.79 Å². The van der Waals surface area contributed by atoms with Crippen LogP contribution in [0.4, 0.5) is 8.78 Å². The third-order valence-corrected chi connectivity index (χ3v) is 4.93. The Morgan fingerprint density at radius 3 is 2.63 bits per heavy atom. The first-order valence-corrected chi connectivity index (χ1v) is 8.78. The van der Waals surface area contributed by atoms with E-state index >= 15 is 0 Å². The van der Waals surface area contributed by atoms with E-state index in [2.05, 4.69) is 15.6 Å². The van der Waals surface area contributed by atoms with Gasteiger partial charge in [0.2, 0.25) is 5.91 Å². The van der Waals surface area contributed by atoms with Gasteiger partial charge in [-0.05, 0) is 19.4 Å². The fourth-order valence-corrected chi connectivity index (χ4v) is 3.57. The monoisotopic (exact) mass is 383 g/mol. The number of likely N-dealkylation sites (N-methyl/N-ethyl adjacent to an activating group) is 1. The van der Waals surface area contributed by atoms with E-state index in [0.717, 1.165) is 12.1 Å². The summed E-state index contributed by atoms with van der Waals surface area (Å²) < 4.78 is 28.5. The van der Waals surface area contributed by atoms with Crippen molar-refractivity contribution in [3.63, 3.8) is 0 Å². The van der Waals surface area contributed by atoms with Crippen molar-refractivity contribution in [1.82, 2.24) is 25.2 Å². The molecule has 0 spiro atoms. The fourth-order valence-electron chi connectivity index (χ4n) is 3.57. The highest BCUT2D eigenvalue weighted by Crippen LogP contribution is 2.29. The molecule has 1 aliphatic rings. The minimum Gasteiger partial charge on any atom is -0.391 e. The van der Waals surface area contributed by atoms with Crippen LogP contribution < -0.4 is 5.32 Å². The van der Waals surface area contributed by atoms with Crippen molar-refractivity contribution in [3.05, 3.63) is 23.8 Å². The molecule has 0 radical (unpaired) electrons. The molecular formula is C17H23F2N5O3. The average Bonchev–Trinajstić information content (AvgIpc) is 3.18. The van der Waals surface area contributed by atoms with Gasteiger partial charge in [-0.1, -0.05) is 19.1 Å². The van der Waals surface area contributed by atoms with Crippen LogP contribution in [0.3, 0.4) is 0 Å². The molecule has 10 heteroatoms. The van der Waals surface area contributed by atoms with Crippen LogP contribution in [0.2, 0.25) is 0 Å². The summed E-state index contributed by atoms with van der Waals surface area (Å²) in [5, 5.41) is 30.6. The van der Waals surface area contributed by atoms with Gasteiger partial charge in [0.25, 0.3) is 0 Å². The largest absolute Gasteiger partial charge is 0.391 e. The number of β-amino-alcohol motifs (C(OH)–C–C–N with tert-alkyl or cyclic N) is 1. The van der Waals surface area contributed by atoms with Gasteiger partial charge < -0.3 is 15.1 Å². The predicted octanol–water partition coefficient (Wildman–Crippen LogP) is 0.406. The number of carbonyl (C=O) groups is 1. The first kappa shape index (κ1) is 19.6. The van der Waals surface area contributed by atoms with Gasteiger partial charge in [-0.15, -0.1) is 5.10 Å². The lowest BCUT2D eigenvalue weighted by Crippen LogP contribution is -2.50. The minimum atomic E-state index is -1.05. The molecule has 148 valence electrons. The summed E-state index contributed by atoms with van der Waals surface area (Å²) in [5.41, 5.74) is 0.340. The standard InChI is InChI=1S/C17H23F2N5O3/c1-8(2)15(17(27)23-7-9(25)4-14(23)16(26)20-3)24-13-6-11(19)10(18)5-12(13)21-22-24/h5-6,8-9,14-16,20,25-26H,4,7H2,1-3H3. The molecule has 1 aliphatic heterocycles. The number of carbonyl (C=O) groups excluding carboxylic acids is 1. The predicted molar refractivity (Wildman–Crippen MR) is 92.5 cm³/mol. The number of fused-ring (bicyclic) bond motifs is 1. The number of aromatic nitrogens is 3. The highest BCUT2D eigenvalue weighted by molar-refractivity contribution is 5.84. The van der Waals surface area contributed by atoms with Crippen LogP contribution in [0.1, 0.15) is 26.3 Å². The van der Waals surface area contributed by atoms with Crippen molar-refractivity contribution in [1.29, 1.82) is 0 Å². The summed E-state index contributed by atoms with van der Waals surface area (Å²) >= 11 is 0. The van der Waals surface area contributed by atoms with Crippen LogP contribution in [0.15, 0.2) is 12.1 Å². The molecule has 2 aromatic rings. The van der Waals surface area contributed by atoms with E-state index in [-0.39, 0.29) is 35.8 Å². The van der Waals surface area contributed by atoms with Gasteiger partial charge in [0, 0.05) is 18.7 Å². The van der Waals surface area contributed by atoms with Gasteiger partial charge in [-0.2, -0.15) is 0 Å². The molecule has 0 saturated carbocycles. The summed E-state index contributed by atoms with van der Waals surface area (Å²) in [4.78, 5) is 14.7. The van der Waals surface area contributed by atoms with E-state index in [4.69, 9.17) is 0 Å². The van der Waals surface area contributed by atoms with Crippen molar-refractivity contribution in [3.8, 4) is 0 Å². The van der Waals surface area contributed by atoms with E-state index in [0.29, 0.717) is 0 Å². The van der Waals surface area contributed by atoms with Gasteiger partial charge in [-0.3, -0.25) is 10.1 Å². The van der Waals surface area contributed by atoms with Crippen LogP contribution >= 0.6 is 0 Å². The van der Waals surface area contributed by atoms with Crippen LogP contribution in [0.5, 0.6) is 0 Å². The third kappa shape index (κ3) is 3.52. The Hall–Kier alpha value is -2.17. The van der Waals surface area contributed by atoms with Crippen LogP contribution in [0, 0.1) is 17.6 Å². The van der Waals surface area contributed by atoms with E-state index in [1.54, 1.807) is 20.9 Å². The molecule has 8 nitrogen and oxygen atoms in total. The maximum Gasteiger partial charge on any atom is 0.248 e. The number of likely N-dealkylation sites (tertiary alicyclic amines) is 1. The van der Waals surface area contributed by atoms with E-state index in [9.17, 15) is 23.8 Å². The Balaban J connectivity index is 2.01. The van der Waals surface area contributed by atoms with Crippen LogP contribution in [0.25, 0.3) is 11.0 Å². The zero-order chi connectivity index (χ0) is 19.9. The number of amides is 1. The smallest absolute Gasteiger partial charge is 0.248 e. The molecule has 4 unspecified atom stereocenters. The highest BCUT2D eigenvalue weighted by Gasteiger charge is 2.42. The molecule has 1 fully saturated rings. The number of aliphatic hydroxyl groups excluding tert-OH is 2.